The van der Waals surface area contributed by atoms with Gasteiger partial charge in [-0.1, -0.05) is 35.9 Å². The molecule has 0 saturated heterocycles. The molecule has 6 heteroatoms. The number of aryl methyl sites for hydroxylation is 3. The molecule has 2 aromatic carbocycles. The molecule has 28 heavy (non-hydrogen) atoms. The number of carbonyl (C=O) groups is 2. The largest absolute Gasteiger partial charge is 0.489 e. The summed E-state index contributed by atoms with van der Waals surface area (Å²) in [6.07, 6.45) is 0. The van der Waals surface area contributed by atoms with Crippen LogP contribution in [0.15, 0.2) is 59.0 Å². The van der Waals surface area contributed by atoms with Gasteiger partial charge < -0.3 is 9.15 Å². The van der Waals surface area contributed by atoms with Crippen molar-refractivity contribution < 1.29 is 18.7 Å². The second-order valence-corrected chi connectivity index (χ2v) is 6.54. The van der Waals surface area contributed by atoms with Crippen LogP contribution in [0.5, 0.6) is 5.75 Å². The third-order valence-electron chi connectivity index (χ3n) is 4.16. The van der Waals surface area contributed by atoms with E-state index >= 15 is 0 Å². The van der Waals surface area contributed by atoms with Crippen molar-refractivity contribution >= 4 is 11.8 Å². The van der Waals surface area contributed by atoms with Gasteiger partial charge >= 0.3 is 0 Å². The van der Waals surface area contributed by atoms with Crippen LogP contribution in [0.25, 0.3) is 0 Å². The Balaban J connectivity index is 1.59. The van der Waals surface area contributed by atoms with Crippen LogP contribution in [0.2, 0.25) is 0 Å². The van der Waals surface area contributed by atoms with E-state index in [4.69, 9.17) is 9.15 Å². The van der Waals surface area contributed by atoms with Crippen LogP contribution in [0, 0.1) is 20.8 Å². The third-order valence-corrected chi connectivity index (χ3v) is 4.16. The first kappa shape index (κ1) is 19.2. The van der Waals surface area contributed by atoms with Crippen molar-refractivity contribution in [2.75, 3.05) is 0 Å². The molecule has 0 atom stereocenters. The van der Waals surface area contributed by atoms with Gasteiger partial charge in [-0.2, -0.15) is 0 Å². The minimum Gasteiger partial charge on any atom is -0.489 e. The van der Waals surface area contributed by atoms with Gasteiger partial charge in [0.05, 0.1) is 5.56 Å². The fourth-order valence-corrected chi connectivity index (χ4v) is 2.80. The smallest absolute Gasteiger partial charge is 0.273 e. The summed E-state index contributed by atoms with van der Waals surface area (Å²) in [5.41, 5.74) is 7.77. The monoisotopic (exact) mass is 378 g/mol. The molecule has 0 bridgehead atoms. The summed E-state index contributed by atoms with van der Waals surface area (Å²) in [4.78, 5) is 24.5. The van der Waals surface area contributed by atoms with Crippen molar-refractivity contribution in [3.63, 3.8) is 0 Å². The summed E-state index contributed by atoms with van der Waals surface area (Å²) in [7, 11) is 0. The maximum absolute atomic E-state index is 12.3. The molecule has 0 aliphatic carbocycles. The Morgan fingerprint density at radius 1 is 0.929 bits per heavy atom. The Labute approximate surface area is 163 Å². The van der Waals surface area contributed by atoms with Crippen LogP contribution in [0.1, 0.15) is 43.4 Å². The van der Waals surface area contributed by atoms with E-state index in [1.807, 2.05) is 31.2 Å². The molecule has 6 nitrogen and oxygen atoms in total. The van der Waals surface area contributed by atoms with Crippen molar-refractivity contribution in [1.82, 2.24) is 10.9 Å². The highest BCUT2D eigenvalue weighted by Gasteiger charge is 2.15. The van der Waals surface area contributed by atoms with Gasteiger partial charge in [-0.25, -0.2) is 0 Å². The van der Waals surface area contributed by atoms with Crippen LogP contribution in [0.4, 0.5) is 0 Å². The zero-order valence-corrected chi connectivity index (χ0v) is 16.0. The van der Waals surface area contributed by atoms with Gasteiger partial charge in [0.1, 0.15) is 23.9 Å². The van der Waals surface area contributed by atoms with Crippen LogP contribution < -0.4 is 15.6 Å². The molecule has 2 N–H and O–H groups in total. The van der Waals surface area contributed by atoms with Crippen LogP contribution in [-0.4, -0.2) is 11.8 Å². The van der Waals surface area contributed by atoms with E-state index in [2.05, 4.69) is 10.9 Å². The second kappa shape index (κ2) is 8.43. The summed E-state index contributed by atoms with van der Waals surface area (Å²) >= 11 is 0. The zero-order chi connectivity index (χ0) is 20.1. The standard InChI is InChI=1S/C22H22N2O4/c1-14-6-4-7-17(10-14)13-27-19-9-5-8-18(12-19)21(25)23-24-22(26)20-11-15(2)28-16(20)3/h4-12H,13H2,1-3H3,(H,23,25)(H,24,26). The lowest BCUT2D eigenvalue weighted by Crippen LogP contribution is -2.41. The van der Waals surface area contributed by atoms with E-state index < -0.39 is 11.8 Å². The molecule has 1 heterocycles. The van der Waals surface area contributed by atoms with Crippen molar-refractivity contribution in [3.8, 4) is 5.75 Å². The second-order valence-electron chi connectivity index (χ2n) is 6.54. The molecule has 2 amide bonds. The molecule has 3 rings (SSSR count). The van der Waals surface area contributed by atoms with Crippen molar-refractivity contribution in [2.45, 2.75) is 27.4 Å². The SMILES string of the molecule is Cc1cccc(COc2cccc(C(=O)NNC(=O)c3cc(C)oc3C)c2)c1. The highest BCUT2D eigenvalue weighted by Crippen LogP contribution is 2.16. The molecule has 0 radical (unpaired) electrons. The van der Waals surface area contributed by atoms with Crippen LogP contribution in [0.3, 0.4) is 0 Å². The average molecular weight is 378 g/mol. The number of hydrogen-bond donors (Lipinski definition) is 2. The number of amides is 2. The van der Waals surface area contributed by atoms with Crippen LogP contribution >= 0.6 is 0 Å². The lowest BCUT2D eigenvalue weighted by Gasteiger charge is -2.10. The maximum atomic E-state index is 12.3. The van der Waals surface area contributed by atoms with Gasteiger partial charge in [0.15, 0.2) is 0 Å². The molecular weight excluding hydrogens is 356 g/mol. The molecule has 144 valence electrons. The quantitative estimate of drug-likeness (QED) is 0.661. The minimum atomic E-state index is -0.438. The van der Waals surface area contributed by atoms with Crippen molar-refractivity contribution in [2.24, 2.45) is 0 Å². The first-order valence-corrected chi connectivity index (χ1v) is 8.88. The van der Waals surface area contributed by atoms with E-state index in [1.54, 1.807) is 44.2 Å². The molecule has 1 aromatic heterocycles. The topological polar surface area (TPSA) is 80.6 Å². The van der Waals surface area contributed by atoms with Crippen LogP contribution in [-0.2, 0) is 6.61 Å². The predicted octanol–water partition coefficient (Wildman–Crippen LogP) is 3.86. The number of furan rings is 1. The fourth-order valence-electron chi connectivity index (χ4n) is 2.80. The third kappa shape index (κ3) is 4.79. The first-order valence-electron chi connectivity index (χ1n) is 8.88. The summed E-state index contributed by atoms with van der Waals surface area (Å²) in [6, 6.07) is 16.4. The molecule has 3 aromatic rings. The van der Waals surface area contributed by atoms with Crippen molar-refractivity contribution in [1.29, 1.82) is 0 Å². The Kier molecular flexibility index (Phi) is 5.79. The molecular formula is C22H22N2O4. The number of rotatable bonds is 5. The Hall–Kier alpha value is -3.54. The Morgan fingerprint density at radius 3 is 2.39 bits per heavy atom. The summed E-state index contributed by atoms with van der Waals surface area (Å²) < 4.78 is 11.1. The van der Waals surface area contributed by atoms with Gasteiger partial charge in [-0.15, -0.1) is 0 Å². The number of hydrogen-bond acceptors (Lipinski definition) is 4. The number of ether oxygens (including phenoxy) is 1. The van der Waals surface area contributed by atoms with E-state index in [0.29, 0.717) is 35.0 Å². The first-order chi connectivity index (χ1) is 13.4. The fraction of sp³-hybridized carbons (Fsp3) is 0.182. The van der Waals surface area contributed by atoms with E-state index in [0.717, 1.165) is 11.1 Å². The maximum Gasteiger partial charge on any atom is 0.273 e. The number of carbonyl (C=O) groups excluding carboxylic acids is 2. The zero-order valence-electron chi connectivity index (χ0n) is 16.0. The van der Waals surface area contributed by atoms with Crippen molar-refractivity contribution in [3.05, 3.63) is 88.4 Å². The normalized spacial score (nSPS) is 10.4. The van der Waals surface area contributed by atoms with E-state index in [9.17, 15) is 9.59 Å². The molecule has 0 aliphatic rings. The number of nitrogens with one attached hydrogen (secondary N) is 2. The van der Waals surface area contributed by atoms with Gasteiger partial charge in [-0.3, -0.25) is 20.4 Å². The van der Waals surface area contributed by atoms with Gasteiger partial charge in [0.25, 0.3) is 11.8 Å². The lowest BCUT2D eigenvalue weighted by molar-refractivity contribution is 0.0845. The predicted molar refractivity (Wildman–Crippen MR) is 105 cm³/mol. The molecule has 0 aliphatic heterocycles. The van der Waals surface area contributed by atoms with Gasteiger partial charge in [-0.05, 0) is 50.6 Å². The highest BCUT2D eigenvalue weighted by molar-refractivity contribution is 5.99. The summed E-state index contributed by atoms with van der Waals surface area (Å²) in [5.74, 6) is 0.826. The highest BCUT2D eigenvalue weighted by atomic mass is 16.5. The lowest BCUT2D eigenvalue weighted by atomic mass is 10.1. The molecule has 0 saturated carbocycles. The Morgan fingerprint density at radius 2 is 1.68 bits per heavy atom. The Bertz CT molecular complexity index is 1010. The summed E-state index contributed by atoms with van der Waals surface area (Å²) in [6.45, 7) is 5.88. The molecule has 0 spiro atoms. The molecule has 0 unspecified atom stereocenters. The van der Waals surface area contributed by atoms with Gasteiger partial charge in [0, 0.05) is 5.56 Å². The minimum absolute atomic E-state index is 0.377. The average Bonchev–Trinajstić information content (AvgIpc) is 3.02. The molecule has 0 fully saturated rings. The summed E-state index contributed by atoms with van der Waals surface area (Å²) in [5, 5.41) is 0. The van der Waals surface area contributed by atoms with E-state index in [-0.39, 0.29) is 0 Å². The van der Waals surface area contributed by atoms with E-state index in [1.165, 1.54) is 0 Å². The number of hydrazine groups is 1. The van der Waals surface area contributed by atoms with Gasteiger partial charge in [0.2, 0.25) is 0 Å². The number of benzene rings is 2.